The molecule has 0 aromatic carbocycles. The Bertz CT molecular complexity index is 762. The van der Waals surface area contributed by atoms with Crippen LogP contribution in [0, 0.1) is 5.92 Å². The molecule has 0 aromatic rings. The molecule has 1 heterocycles. The lowest BCUT2D eigenvalue weighted by Gasteiger charge is -2.23. The fourth-order valence-electron chi connectivity index (χ4n) is 3.31. The molecule has 1 aliphatic heterocycles. The van der Waals surface area contributed by atoms with Gasteiger partial charge >= 0.3 is 0 Å². The third-order valence-corrected chi connectivity index (χ3v) is 5.31. The van der Waals surface area contributed by atoms with Crippen LogP contribution in [0.2, 0.25) is 0 Å². The van der Waals surface area contributed by atoms with Gasteiger partial charge in [0, 0.05) is 37.7 Å². The number of aliphatic imine (C=N–C) groups is 2. The van der Waals surface area contributed by atoms with Crippen LogP contribution in [0.25, 0.3) is 0 Å². The highest BCUT2D eigenvalue weighted by Gasteiger charge is 2.25. The van der Waals surface area contributed by atoms with Crippen LogP contribution >= 0.6 is 0 Å². The van der Waals surface area contributed by atoms with Gasteiger partial charge < -0.3 is 16.0 Å². The van der Waals surface area contributed by atoms with Crippen molar-refractivity contribution < 1.29 is 8.78 Å². The lowest BCUT2D eigenvalue weighted by atomic mass is 10.00. The number of amidine groups is 1. The van der Waals surface area contributed by atoms with Gasteiger partial charge in [-0.2, -0.15) is 0 Å². The van der Waals surface area contributed by atoms with Crippen molar-refractivity contribution in [2.75, 3.05) is 33.2 Å². The molecule has 0 aromatic heterocycles. The maximum absolute atomic E-state index is 13.4. The van der Waals surface area contributed by atoms with Crippen LogP contribution in [-0.4, -0.2) is 56.7 Å². The van der Waals surface area contributed by atoms with E-state index < -0.39 is 5.92 Å². The van der Waals surface area contributed by atoms with Crippen LogP contribution in [0.4, 0.5) is 8.78 Å². The highest BCUT2D eigenvalue weighted by molar-refractivity contribution is 6.42. The maximum atomic E-state index is 13.4. The summed E-state index contributed by atoms with van der Waals surface area (Å²) in [6.07, 6.45) is 14.2. The normalized spacial score (nSPS) is 27.0. The number of nitrogens with one attached hydrogen (secondary N) is 3. The second kappa shape index (κ2) is 12.7. The summed E-state index contributed by atoms with van der Waals surface area (Å²) >= 11 is 0. The van der Waals surface area contributed by atoms with Crippen molar-refractivity contribution in [3.63, 3.8) is 0 Å². The minimum Gasteiger partial charge on any atom is -0.339 e. The summed E-state index contributed by atoms with van der Waals surface area (Å²) in [6, 6.07) is 0.249. The lowest BCUT2D eigenvalue weighted by molar-refractivity contribution is -0.00202. The Labute approximate surface area is 185 Å². The molecule has 7 heteroatoms. The second-order valence-corrected chi connectivity index (χ2v) is 8.03. The number of alkyl halides is 2. The summed E-state index contributed by atoms with van der Waals surface area (Å²) in [4.78, 5) is 9.35. The molecule has 0 fully saturated rings. The van der Waals surface area contributed by atoms with E-state index in [1.54, 1.807) is 0 Å². The van der Waals surface area contributed by atoms with Crippen LogP contribution in [0.15, 0.2) is 57.7 Å². The van der Waals surface area contributed by atoms with Crippen molar-refractivity contribution in [2.45, 2.75) is 52.0 Å². The van der Waals surface area contributed by atoms with Crippen LogP contribution in [-0.2, 0) is 0 Å². The first-order chi connectivity index (χ1) is 14.9. The topological polar surface area (TPSA) is 60.8 Å². The van der Waals surface area contributed by atoms with Crippen molar-refractivity contribution in [3.05, 3.63) is 47.7 Å². The zero-order chi connectivity index (χ0) is 22.7. The largest absolute Gasteiger partial charge is 0.339 e. The Balaban J connectivity index is 2.04. The van der Waals surface area contributed by atoms with Gasteiger partial charge in [0.1, 0.15) is 5.84 Å². The van der Waals surface area contributed by atoms with E-state index in [0.29, 0.717) is 19.6 Å². The zero-order valence-electron chi connectivity index (χ0n) is 19.2. The first-order valence-corrected chi connectivity index (χ1v) is 11.2. The maximum Gasteiger partial charge on any atom is 0.260 e. The Morgan fingerprint density at radius 2 is 2.03 bits per heavy atom. The van der Waals surface area contributed by atoms with E-state index in [1.807, 2.05) is 20.9 Å². The third kappa shape index (κ3) is 8.50. The van der Waals surface area contributed by atoms with Gasteiger partial charge in [-0.15, -0.1) is 0 Å². The molecule has 0 saturated heterocycles. The summed E-state index contributed by atoms with van der Waals surface area (Å²) in [5.41, 5.74) is 3.19. The van der Waals surface area contributed by atoms with E-state index in [4.69, 9.17) is 4.99 Å². The van der Waals surface area contributed by atoms with Gasteiger partial charge in [-0.3, -0.25) is 9.98 Å². The molecule has 5 nitrogen and oxygen atoms in total. The zero-order valence-corrected chi connectivity index (χ0v) is 19.2. The van der Waals surface area contributed by atoms with Crippen LogP contribution < -0.4 is 16.0 Å². The van der Waals surface area contributed by atoms with E-state index in [2.05, 4.69) is 57.4 Å². The van der Waals surface area contributed by atoms with Gasteiger partial charge in [-0.05, 0) is 38.4 Å². The predicted octanol–water partition coefficient (Wildman–Crippen LogP) is 4.02. The summed E-state index contributed by atoms with van der Waals surface area (Å²) in [5.74, 6) is -1.73. The van der Waals surface area contributed by atoms with E-state index in [1.165, 1.54) is 12.5 Å². The molecule has 2 unspecified atom stereocenters. The molecular formula is C24H37F2N5. The average Bonchev–Trinajstić information content (AvgIpc) is 2.73. The average molecular weight is 434 g/mol. The summed E-state index contributed by atoms with van der Waals surface area (Å²) in [5, 5.41) is 9.57. The van der Waals surface area contributed by atoms with Gasteiger partial charge in [-0.1, -0.05) is 50.3 Å². The van der Waals surface area contributed by atoms with Crippen molar-refractivity contribution in [1.82, 2.24) is 16.0 Å². The molecule has 31 heavy (non-hydrogen) atoms. The number of likely N-dealkylation sites (N-methyl/N-ethyl adjacent to an activating group) is 1. The first kappa shape index (κ1) is 25.1. The highest BCUT2D eigenvalue weighted by atomic mass is 19.3. The monoisotopic (exact) mass is 433 g/mol. The molecule has 0 bridgehead atoms. The Hall–Kier alpha value is -2.12. The molecule has 172 valence electrons. The van der Waals surface area contributed by atoms with Gasteiger partial charge in [0.15, 0.2) is 0 Å². The molecule has 2 rings (SSSR count). The Morgan fingerprint density at radius 1 is 1.23 bits per heavy atom. The van der Waals surface area contributed by atoms with E-state index >= 15 is 0 Å². The molecule has 0 saturated carbocycles. The number of rotatable bonds is 10. The predicted molar refractivity (Wildman–Crippen MR) is 127 cm³/mol. The van der Waals surface area contributed by atoms with Crippen molar-refractivity contribution in [3.8, 4) is 0 Å². The first-order valence-electron chi connectivity index (χ1n) is 11.2. The van der Waals surface area contributed by atoms with Crippen molar-refractivity contribution in [2.24, 2.45) is 15.9 Å². The van der Waals surface area contributed by atoms with Gasteiger partial charge in [0.25, 0.3) is 5.92 Å². The Morgan fingerprint density at radius 3 is 2.74 bits per heavy atom. The number of allylic oxidation sites excluding steroid dienone is 5. The quantitative estimate of drug-likeness (QED) is 0.456. The molecule has 2 aliphatic rings. The summed E-state index contributed by atoms with van der Waals surface area (Å²) in [6.45, 7) is 6.98. The minimum absolute atomic E-state index is 0.143. The van der Waals surface area contributed by atoms with Crippen molar-refractivity contribution >= 4 is 11.5 Å². The highest BCUT2D eigenvalue weighted by Crippen LogP contribution is 2.19. The lowest BCUT2D eigenvalue weighted by Crippen LogP contribution is -2.37. The van der Waals surface area contributed by atoms with Gasteiger partial charge in [0.05, 0.1) is 12.3 Å². The second-order valence-electron chi connectivity index (χ2n) is 8.03. The molecule has 3 N–H and O–H groups in total. The van der Waals surface area contributed by atoms with Crippen molar-refractivity contribution in [1.29, 1.82) is 0 Å². The molecule has 2 atom stereocenters. The molecule has 1 aliphatic carbocycles. The molecular weight excluding hydrogens is 396 g/mol. The standard InChI is InChI=1S/C24H37F2N5/c1-5-24(25,26)17-28-15-18(3)16-30-23-22(29-6-2)14-13-21(31-23)19-9-7-11-20(27-4)12-8-10-19/h7-9,11-13,18,20,27-28H,5-6,10,14-17H2,1-4H3,(H,30,31)/b11-7+,12-8-,19-9+,29-22?. The van der Waals surface area contributed by atoms with E-state index in [9.17, 15) is 8.78 Å². The minimum atomic E-state index is -2.65. The molecule has 0 radical (unpaired) electrons. The van der Waals surface area contributed by atoms with Gasteiger partial charge in [-0.25, -0.2) is 8.78 Å². The smallest absolute Gasteiger partial charge is 0.260 e. The van der Waals surface area contributed by atoms with E-state index in [-0.39, 0.29) is 24.9 Å². The van der Waals surface area contributed by atoms with Crippen LogP contribution in [0.3, 0.4) is 0 Å². The Kier molecular flexibility index (Phi) is 10.3. The SMILES string of the molecule is CCN=C1CC=C(/C2=C/C=C/C(NC)/C=C\C2)NC1=NCC(C)CNCC(F)(F)CC. The fraction of sp³-hybridized carbons (Fsp3) is 0.583. The molecule has 0 amide bonds. The van der Waals surface area contributed by atoms with Crippen LogP contribution in [0.1, 0.15) is 40.0 Å². The fourth-order valence-corrected chi connectivity index (χ4v) is 3.31. The number of nitrogens with zero attached hydrogens (tertiary/aromatic N) is 2. The molecule has 0 spiro atoms. The third-order valence-electron chi connectivity index (χ3n) is 5.31. The summed E-state index contributed by atoms with van der Waals surface area (Å²) < 4.78 is 26.8. The van der Waals surface area contributed by atoms with Crippen LogP contribution in [0.5, 0.6) is 0 Å². The van der Waals surface area contributed by atoms with E-state index in [0.717, 1.165) is 30.1 Å². The summed E-state index contributed by atoms with van der Waals surface area (Å²) in [7, 11) is 1.94. The number of halogens is 2. The van der Waals surface area contributed by atoms with Gasteiger partial charge in [0.2, 0.25) is 0 Å². The number of hydrogen-bond acceptors (Lipinski definition) is 4. The number of hydrogen-bond donors (Lipinski definition) is 3.